The number of hydrogen-bond donors (Lipinski definition) is 0. The van der Waals surface area contributed by atoms with Gasteiger partial charge in [-0.15, -0.1) is 10.2 Å². The molecule has 0 aliphatic carbocycles. The molecule has 0 aliphatic rings. The van der Waals surface area contributed by atoms with Gasteiger partial charge in [0, 0.05) is 5.56 Å². The maximum absolute atomic E-state index is 5.74. The third-order valence-electron chi connectivity index (χ3n) is 3.91. The molecule has 1 aromatic heterocycles. The molecule has 0 amide bonds. The summed E-state index contributed by atoms with van der Waals surface area (Å²) in [7, 11) is 0. The van der Waals surface area contributed by atoms with Crippen molar-refractivity contribution in [3.05, 3.63) is 65.5 Å². The van der Waals surface area contributed by atoms with E-state index in [9.17, 15) is 0 Å². The summed E-state index contributed by atoms with van der Waals surface area (Å²) < 4.78 is 11.4. The number of para-hydroxylation sites is 1. The van der Waals surface area contributed by atoms with Gasteiger partial charge in [-0.2, -0.15) is 0 Å². The highest BCUT2D eigenvalue weighted by Crippen LogP contribution is 2.26. The quantitative estimate of drug-likeness (QED) is 0.684. The molecular formula is C20H22N2O2. The molecule has 0 saturated carbocycles. The average Bonchev–Trinajstić information content (AvgIpc) is 3.02. The Morgan fingerprint density at radius 1 is 0.958 bits per heavy atom. The average molecular weight is 322 g/mol. The highest BCUT2D eigenvalue weighted by molar-refractivity contribution is 5.53. The lowest BCUT2D eigenvalue weighted by Gasteiger charge is -2.18. The molecule has 0 saturated heterocycles. The van der Waals surface area contributed by atoms with E-state index in [-0.39, 0.29) is 12.0 Å². The van der Waals surface area contributed by atoms with Crippen molar-refractivity contribution in [1.29, 1.82) is 0 Å². The van der Waals surface area contributed by atoms with Crippen LogP contribution in [0.15, 0.2) is 52.9 Å². The Morgan fingerprint density at radius 3 is 2.33 bits per heavy atom. The molecule has 24 heavy (non-hydrogen) atoms. The van der Waals surface area contributed by atoms with Gasteiger partial charge in [0.15, 0.2) is 6.61 Å². The van der Waals surface area contributed by atoms with Crippen LogP contribution in [0.1, 0.15) is 37.8 Å². The Kier molecular flexibility index (Phi) is 4.38. The van der Waals surface area contributed by atoms with E-state index in [1.165, 1.54) is 5.56 Å². The molecule has 3 aromatic rings. The van der Waals surface area contributed by atoms with Crippen molar-refractivity contribution in [2.24, 2.45) is 0 Å². The second kappa shape index (κ2) is 6.48. The van der Waals surface area contributed by atoms with Gasteiger partial charge in [-0.1, -0.05) is 51.1 Å². The molecule has 0 N–H and O–H groups in total. The van der Waals surface area contributed by atoms with Crippen LogP contribution in [0.2, 0.25) is 0 Å². The zero-order valence-electron chi connectivity index (χ0n) is 14.5. The van der Waals surface area contributed by atoms with E-state index >= 15 is 0 Å². The number of benzene rings is 2. The summed E-state index contributed by atoms with van der Waals surface area (Å²) in [5, 5.41) is 8.18. The second-order valence-corrected chi connectivity index (χ2v) is 6.88. The van der Waals surface area contributed by atoms with Crippen molar-refractivity contribution >= 4 is 0 Å². The molecular weight excluding hydrogens is 300 g/mol. The van der Waals surface area contributed by atoms with Crippen molar-refractivity contribution in [1.82, 2.24) is 10.2 Å². The first-order chi connectivity index (χ1) is 11.4. The van der Waals surface area contributed by atoms with Crippen molar-refractivity contribution in [3.63, 3.8) is 0 Å². The molecule has 3 rings (SSSR count). The molecule has 1 heterocycles. The molecule has 0 aliphatic heterocycles. The number of aromatic nitrogens is 2. The molecule has 0 unspecified atom stereocenters. The van der Waals surface area contributed by atoms with Crippen LogP contribution in [0.5, 0.6) is 5.75 Å². The minimum Gasteiger partial charge on any atom is -0.484 e. The fourth-order valence-corrected chi connectivity index (χ4v) is 2.40. The van der Waals surface area contributed by atoms with Crippen LogP contribution in [0.25, 0.3) is 11.5 Å². The van der Waals surface area contributed by atoms with Crippen LogP contribution >= 0.6 is 0 Å². The summed E-state index contributed by atoms with van der Waals surface area (Å²) in [5.41, 5.74) is 3.39. The normalized spacial score (nSPS) is 11.5. The summed E-state index contributed by atoms with van der Waals surface area (Å²) in [4.78, 5) is 0. The molecule has 2 aromatic carbocycles. The maximum Gasteiger partial charge on any atom is 0.254 e. The molecule has 0 radical (unpaired) electrons. The van der Waals surface area contributed by atoms with Gasteiger partial charge in [-0.3, -0.25) is 0 Å². The topological polar surface area (TPSA) is 48.2 Å². The fourth-order valence-electron chi connectivity index (χ4n) is 2.40. The van der Waals surface area contributed by atoms with Gasteiger partial charge in [-0.05, 0) is 41.7 Å². The monoisotopic (exact) mass is 322 g/mol. The van der Waals surface area contributed by atoms with Gasteiger partial charge in [0.25, 0.3) is 5.89 Å². The number of hydrogen-bond acceptors (Lipinski definition) is 4. The lowest BCUT2D eigenvalue weighted by Crippen LogP contribution is -2.10. The van der Waals surface area contributed by atoms with Gasteiger partial charge >= 0.3 is 0 Å². The van der Waals surface area contributed by atoms with E-state index in [2.05, 4.69) is 43.1 Å². The zero-order valence-corrected chi connectivity index (χ0v) is 14.5. The van der Waals surface area contributed by atoms with E-state index < -0.39 is 0 Å². The van der Waals surface area contributed by atoms with Gasteiger partial charge < -0.3 is 9.15 Å². The molecule has 0 atom stereocenters. The van der Waals surface area contributed by atoms with Crippen molar-refractivity contribution in [2.75, 3.05) is 0 Å². The summed E-state index contributed by atoms with van der Waals surface area (Å²) in [6.07, 6.45) is 0. The molecule has 0 fully saturated rings. The van der Waals surface area contributed by atoms with Crippen molar-refractivity contribution in [2.45, 2.75) is 39.7 Å². The van der Waals surface area contributed by atoms with Gasteiger partial charge in [0.2, 0.25) is 5.89 Å². The third-order valence-corrected chi connectivity index (χ3v) is 3.91. The lowest BCUT2D eigenvalue weighted by atomic mass is 9.87. The number of aryl methyl sites for hydroxylation is 1. The number of ether oxygens (including phenoxy) is 1. The first-order valence-electron chi connectivity index (χ1n) is 8.05. The first kappa shape index (κ1) is 16.2. The Labute approximate surface area is 142 Å². The number of rotatable bonds is 4. The van der Waals surface area contributed by atoms with Crippen LogP contribution in [0, 0.1) is 6.92 Å². The summed E-state index contributed by atoms with van der Waals surface area (Å²) >= 11 is 0. The Hall–Kier alpha value is -2.62. The highest BCUT2D eigenvalue weighted by Gasteiger charge is 2.15. The van der Waals surface area contributed by atoms with Gasteiger partial charge in [0.05, 0.1) is 0 Å². The van der Waals surface area contributed by atoms with Crippen LogP contribution in [-0.2, 0) is 12.0 Å². The van der Waals surface area contributed by atoms with E-state index in [4.69, 9.17) is 9.15 Å². The largest absolute Gasteiger partial charge is 0.484 e. The smallest absolute Gasteiger partial charge is 0.254 e. The standard InChI is InChI=1S/C20H22N2O2/c1-14-7-5-6-8-17(14)23-13-18-21-22-19(24-18)15-9-11-16(12-10-15)20(2,3)4/h5-12H,13H2,1-4H3. The minimum atomic E-state index is 0.125. The zero-order chi connectivity index (χ0) is 17.2. The first-order valence-corrected chi connectivity index (χ1v) is 8.05. The highest BCUT2D eigenvalue weighted by atomic mass is 16.5. The van der Waals surface area contributed by atoms with E-state index in [1.807, 2.05) is 43.3 Å². The van der Waals surface area contributed by atoms with E-state index in [0.717, 1.165) is 16.9 Å². The van der Waals surface area contributed by atoms with Gasteiger partial charge in [-0.25, -0.2) is 0 Å². The van der Waals surface area contributed by atoms with Crippen LogP contribution < -0.4 is 4.74 Å². The summed E-state index contributed by atoms with van der Waals surface area (Å²) in [5.74, 6) is 1.80. The molecule has 4 heteroatoms. The SMILES string of the molecule is Cc1ccccc1OCc1nnc(-c2ccc(C(C)(C)C)cc2)o1. The molecule has 4 nitrogen and oxygen atoms in total. The Morgan fingerprint density at radius 2 is 1.67 bits per heavy atom. The van der Waals surface area contributed by atoms with Crippen LogP contribution in [0.3, 0.4) is 0 Å². The van der Waals surface area contributed by atoms with Crippen molar-refractivity contribution < 1.29 is 9.15 Å². The van der Waals surface area contributed by atoms with E-state index in [1.54, 1.807) is 0 Å². The Bertz CT molecular complexity index is 814. The van der Waals surface area contributed by atoms with Crippen LogP contribution in [0.4, 0.5) is 0 Å². The predicted octanol–water partition coefficient (Wildman–Crippen LogP) is 4.92. The molecule has 0 bridgehead atoms. The fraction of sp³-hybridized carbons (Fsp3) is 0.300. The predicted molar refractivity (Wildman–Crippen MR) is 93.9 cm³/mol. The minimum absolute atomic E-state index is 0.125. The molecule has 124 valence electrons. The summed E-state index contributed by atoms with van der Waals surface area (Å²) in [6.45, 7) is 8.84. The lowest BCUT2D eigenvalue weighted by molar-refractivity contribution is 0.263. The summed E-state index contributed by atoms with van der Waals surface area (Å²) in [6, 6.07) is 16.1. The molecule has 0 spiro atoms. The number of nitrogens with zero attached hydrogens (tertiary/aromatic N) is 2. The van der Waals surface area contributed by atoms with Gasteiger partial charge in [0.1, 0.15) is 5.75 Å². The van der Waals surface area contributed by atoms with Crippen molar-refractivity contribution in [3.8, 4) is 17.2 Å². The second-order valence-electron chi connectivity index (χ2n) is 6.88. The third kappa shape index (κ3) is 3.65. The van der Waals surface area contributed by atoms with E-state index in [0.29, 0.717) is 11.8 Å². The van der Waals surface area contributed by atoms with Crippen LogP contribution in [-0.4, -0.2) is 10.2 Å². The maximum atomic E-state index is 5.74. The Balaban J connectivity index is 1.70.